The number of benzene rings is 1. The summed E-state index contributed by atoms with van der Waals surface area (Å²) in [6, 6.07) is 6.95. The highest BCUT2D eigenvalue weighted by Crippen LogP contribution is 2.25. The maximum atomic E-state index is 11.5. The van der Waals surface area contributed by atoms with Crippen molar-refractivity contribution < 1.29 is 13.2 Å². The number of aromatic nitrogens is 2. The topological polar surface area (TPSA) is 72.4 Å². The fourth-order valence-electron chi connectivity index (χ4n) is 2.57. The monoisotopic (exact) mass is 353 g/mol. The Bertz CT molecular complexity index is 772. The number of rotatable bonds is 4. The van der Waals surface area contributed by atoms with Crippen molar-refractivity contribution in [2.75, 3.05) is 26.0 Å². The first-order chi connectivity index (χ1) is 10.9. The van der Waals surface area contributed by atoms with Crippen LogP contribution < -0.4 is 0 Å². The van der Waals surface area contributed by atoms with Crippen LogP contribution in [-0.4, -0.2) is 49.5 Å². The number of hydrogen-bond donors (Lipinski definition) is 0. The Hall–Kier alpha value is -1.35. The van der Waals surface area contributed by atoms with E-state index >= 15 is 0 Å². The van der Waals surface area contributed by atoms with E-state index in [0.717, 1.165) is 35.2 Å². The molecule has 1 fully saturated rings. The summed E-state index contributed by atoms with van der Waals surface area (Å²) < 4.78 is 28.9. The highest BCUT2D eigenvalue weighted by Gasteiger charge is 2.23. The minimum Gasteiger partial charge on any atom is -0.371 e. The van der Waals surface area contributed by atoms with Crippen molar-refractivity contribution >= 4 is 21.2 Å². The van der Waals surface area contributed by atoms with Crippen molar-refractivity contribution in [3.05, 3.63) is 39.8 Å². The van der Waals surface area contributed by atoms with Crippen molar-refractivity contribution in [1.29, 1.82) is 0 Å². The Labute approximate surface area is 140 Å². The lowest BCUT2D eigenvalue weighted by atomic mass is 10.1. The number of ether oxygens (including phenoxy) is 1. The van der Waals surface area contributed by atoms with Crippen LogP contribution in [0.2, 0.25) is 0 Å². The molecular formula is C15H19N3O3S2. The van der Waals surface area contributed by atoms with Gasteiger partial charge in [-0.1, -0.05) is 12.1 Å². The Morgan fingerprint density at radius 2 is 2.04 bits per heavy atom. The lowest BCUT2D eigenvalue weighted by Gasteiger charge is -2.32. The molecule has 2 heterocycles. The Morgan fingerprint density at radius 1 is 1.30 bits per heavy atom. The third kappa shape index (κ3) is 4.14. The molecule has 1 aliphatic rings. The molecule has 3 rings (SSSR count). The summed E-state index contributed by atoms with van der Waals surface area (Å²) in [5.41, 5.74) is 0.996. The van der Waals surface area contributed by atoms with Crippen molar-refractivity contribution in [1.82, 2.24) is 15.1 Å². The van der Waals surface area contributed by atoms with E-state index in [2.05, 4.69) is 15.1 Å². The number of hydrogen-bond acceptors (Lipinski definition) is 7. The van der Waals surface area contributed by atoms with E-state index in [-0.39, 0.29) is 6.10 Å². The van der Waals surface area contributed by atoms with Gasteiger partial charge in [-0.05, 0) is 24.6 Å². The molecule has 23 heavy (non-hydrogen) atoms. The fraction of sp³-hybridized carbons (Fsp3) is 0.467. The van der Waals surface area contributed by atoms with E-state index in [1.807, 2.05) is 19.1 Å². The van der Waals surface area contributed by atoms with Gasteiger partial charge in [0.1, 0.15) is 10.0 Å². The summed E-state index contributed by atoms with van der Waals surface area (Å²) >= 11 is 1.61. The van der Waals surface area contributed by atoms with Gasteiger partial charge in [0.15, 0.2) is 9.84 Å². The van der Waals surface area contributed by atoms with Crippen LogP contribution in [0, 0.1) is 6.92 Å². The standard InChI is InChI=1S/C15H19N3O3S2/c1-11-16-17-15(22-11)10-18-7-8-21-14(9-18)12-3-5-13(6-4-12)23(2,19)20/h3-6,14H,7-10H2,1-2H3/t14-/m0/s1. The van der Waals surface area contributed by atoms with Crippen LogP contribution in [0.15, 0.2) is 29.2 Å². The second-order valence-electron chi connectivity index (χ2n) is 5.65. The Kier molecular flexibility index (Phi) is 4.77. The van der Waals surface area contributed by atoms with E-state index in [1.54, 1.807) is 23.5 Å². The predicted molar refractivity (Wildman–Crippen MR) is 88.2 cm³/mol. The second kappa shape index (κ2) is 6.64. The van der Waals surface area contributed by atoms with Gasteiger partial charge in [0, 0.05) is 19.3 Å². The van der Waals surface area contributed by atoms with Crippen LogP contribution in [0.1, 0.15) is 21.7 Å². The van der Waals surface area contributed by atoms with Gasteiger partial charge >= 0.3 is 0 Å². The molecule has 1 atom stereocenters. The second-order valence-corrected chi connectivity index (χ2v) is 8.93. The Balaban J connectivity index is 1.68. The molecule has 8 heteroatoms. The van der Waals surface area contributed by atoms with Gasteiger partial charge in [0.25, 0.3) is 0 Å². The average Bonchev–Trinajstić information content (AvgIpc) is 2.92. The van der Waals surface area contributed by atoms with Gasteiger partial charge in [-0.15, -0.1) is 21.5 Å². The molecule has 0 unspecified atom stereocenters. The van der Waals surface area contributed by atoms with Crippen LogP contribution in [-0.2, 0) is 21.1 Å². The van der Waals surface area contributed by atoms with Gasteiger partial charge in [-0.25, -0.2) is 8.42 Å². The first-order valence-electron chi connectivity index (χ1n) is 7.35. The van der Waals surface area contributed by atoms with Crippen molar-refractivity contribution in [3.8, 4) is 0 Å². The fourth-order valence-corrected chi connectivity index (χ4v) is 3.95. The van der Waals surface area contributed by atoms with Gasteiger partial charge < -0.3 is 4.74 Å². The smallest absolute Gasteiger partial charge is 0.175 e. The minimum absolute atomic E-state index is 0.0496. The number of sulfone groups is 1. The van der Waals surface area contributed by atoms with E-state index in [1.165, 1.54) is 6.26 Å². The molecule has 1 aromatic heterocycles. The lowest BCUT2D eigenvalue weighted by molar-refractivity contribution is -0.0330. The number of nitrogens with zero attached hydrogens (tertiary/aromatic N) is 3. The lowest BCUT2D eigenvalue weighted by Crippen LogP contribution is -2.37. The van der Waals surface area contributed by atoms with Crippen LogP contribution in [0.5, 0.6) is 0 Å². The maximum Gasteiger partial charge on any atom is 0.175 e. The first kappa shape index (κ1) is 16.5. The maximum absolute atomic E-state index is 11.5. The summed E-state index contributed by atoms with van der Waals surface area (Å²) in [7, 11) is -3.16. The summed E-state index contributed by atoms with van der Waals surface area (Å²) in [4.78, 5) is 2.62. The van der Waals surface area contributed by atoms with Crippen molar-refractivity contribution in [3.63, 3.8) is 0 Å². The van der Waals surface area contributed by atoms with Gasteiger partial charge in [-0.3, -0.25) is 4.90 Å². The minimum atomic E-state index is -3.16. The average molecular weight is 353 g/mol. The van der Waals surface area contributed by atoms with Gasteiger partial charge in [0.05, 0.1) is 24.2 Å². The molecule has 0 spiro atoms. The predicted octanol–water partition coefficient (Wildman–Crippen LogP) is 1.82. The molecule has 0 bridgehead atoms. The van der Waals surface area contributed by atoms with E-state index in [9.17, 15) is 8.42 Å². The number of morpholine rings is 1. The molecule has 0 saturated carbocycles. The van der Waals surface area contributed by atoms with Crippen LogP contribution in [0.3, 0.4) is 0 Å². The molecule has 0 radical (unpaired) electrons. The molecule has 2 aromatic rings. The zero-order chi connectivity index (χ0) is 16.4. The van der Waals surface area contributed by atoms with Crippen molar-refractivity contribution in [2.45, 2.75) is 24.5 Å². The molecular weight excluding hydrogens is 334 g/mol. The quantitative estimate of drug-likeness (QED) is 0.835. The largest absolute Gasteiger partial charge is 0.371 e. The van der Waals surface area contributed by atoms with Gasteiger partial charge in [0.2, 0.25) is 0 Å². The zero-order valence-electron chi connectivity index (χ0n) is 13.1. The third-order valence-electron chi connectivity index (χ3n) is 3.76. The molecule has 0 aliphatic carbocycles. The number of aryl methyl sites for hydroxylation is 1. The van der Waals surface area contributed by atoms with Crippen LogP contribution in [0.4, 0.5) is 0 Å². The highest BCUT2D eigenvalue weighted by atomic mass is 32.2. The summed E-state index contributed by atoms with van der Waals surface area (Å²) in [6.07, 6.45) is 1.16. The molecule has 0 amide bonds. The summed E-state index contributed by atoms with van der Waals surface area (Å²) in [5, 5.41) is 10.2. The molecule has 0 N–H and O–H groups in total. The SMILES string of the molecule is Cc1nnc(CN2CCO[C@H](c3ccc(S(C)(=O)=O)cc3)C2)s1. The third-order valence-corrected chi connectivity index (χ3v) is 5.71. The van der Waals surface area contributed by atoms with Gasteiger partial charge in [-0.2, -0.15) is 0 Å². The molecule has 1 aliphatic heterocycles. The molecule has 1 saturated heterocycles. The normalized spacial score (nSPS) is 19.8. The highest BCUT2D eigenvalue weighted by molar-refractivity contribution is 7.90. The summed E-state index contributed by atoms with van der Waals surface area (Å²) in [5.74, 6) is 0. The van der Waals surface area contributed by atoms with Crippen LogP contribution in [0.25, 0.3) is 0 Å². The van der Waals surface area contributed by atoms with E-state index < -0.39 is 9.84 Å². The van der Waals surface area contributed by atoms with E-state index in [4.69, 9.17) is 4.74 Å². The molecule has 1 aromatic carbocycles. The van der Waals surface area contributed by atoms with Crippen LogP contribution >= 0.6 is 11.3 Å². The van der Waals surface area contributed by atoms with E-state index in [0.29, 0.717) is 11.5 Å². The first-order valence-corrected chi connectivity index (χ1v) is 10.1. The zero-order valence-corrected chi connectivity index (χ0v) is 14.7. The van der Waals surface area contributed by atoms with Crippen molar-refractivity contribution in [2.24, 2.45) is 0 Å². The molecule has 124 valence electrons. The summed E-state index contributed by atoms with van der Waals surface area (Å²) in [6.45, 7) is 4.99. The molecule has 6 nitrogen and oxygen atoms in total. The Morgan fingerprint density at radius 3 is 2.65 bits per heavy atom.